The Kier molecular flexibility index (Phi) is 4.58. The van der Waals surface area contributed by atoms with Gasteiger partial charge < -0.3 is 20.9 Å². The zero-order valence-corrected chi connectivity index (χ0v) is 10.5. The van der Waals surface area contributed by atoms with Crippen LogP contribution in [0.2, 0.25) is 0 Å². The highest BCUT2D eigenvalue weighted by Gasteiger charge is 2.26. The summed E-state index contributed by atoms with van der Waals surface area (Å²) >= 11 is 0. The van der Waals surface area contributed by atoms with Crippen LogP contribution in [0.1, 0.15) is 6.42 Å². The van der Waals surface area contributed by atoms with Crippen LogP contribution in [-0.2, 0) is 0 Å². The number of hydrogen-bond donors (Lipinski definition) is 2. The molecule has 4 heteroatoms. The summed E-state index contributed by atoms with van der Waals surface area (Å²) in [6.45, 7) is 9.26. The second-order valence-electron chi connectivity index (χ2n) is 5.35. The second kappa shape index (κ2) is 5.96. The predicted molar refractivity (Wildman–Crippen MR) is 67.5 cm³/mol. The number of piperazine rings is 1. The molecule has 0 saturated carbocycles. The smallest absolute Gasteiger partial charge is 0.0110 e. The van der Waals surface area contributed by atoms with Gasteiger partial charge in [-0.15, -0.1) is 0 Å². The van der Waals surface area contributed by atoms with E-state index in [4.69, 9.17) is 5.73 Å². The van der Waals surface area contributed by atoms with Gasteiger partial charge in [-0.1, -0.05) is 0 Å². The average molecular weight is 226 g/mol. The van der Waals surface area contributed by atoms with E-state index < -0.39 is 0 Å². The maximum absolute atomic E-state index is 5.93. The summed E-state index contributed by atoms with van der Waals surface area (Å²) < 4.78 is 0. The molecule has 0 aromatic rings. The third-order valence-electron chi connectivity index (χ3n) is 4.16. The van der Waals surface area contributed by atoms with Crippen molar-refractivity contribution >= 4 is 0 Å². The third kappa shape index (κ3) is 3.17. The van der Waals surface area contributed by atoms with Crippen LogP contribution < -0.4 is 11.1 Å². The van der Waals surface area contributed by atoms with Crippen molar-refractivity contribution in [2.24, 2.45) is 17.6 Å². The normalized spacial score (nSPS) is 30.8. The molecule has 2 saturated heterocycles. The molecule has 2 unspecified atom stereocenters. The van der Waals surface area contributed by atoms with Gasteiger partial charge in [-0.05, 0) is 44.9 Å². The Bertz CT molecular complexity index is 195. The van der Waals surface area contributed by atoms with Crippen LogP contribution in [0.25, 0.3) is 0 Å². The van der Waals surface area contributed by atoms with E-state index in [1.54, 1.807) is 0 Å². The summed E-state index contributed by atoms with van der Waals surface area (Å²) in [4.78, 5) is 5.00. The molecule has 0 amide bonds. The first-order valence-electron chi connectivity index (χ1n) is 6.61. The summed E-state index contributed by atoms with van der Waals surface area (Å²) in [5.74, 6) is 1.50. The SMILES string of the molecule is CN1CCN(CC(CN)C2CCNC2)CC1. The quantitative estimate of drug-likeness (QED) is 0.673. The molecule has 2 rings (SSSR count). The summed E-state index contributed by atoms with van der Waals surface area (Å²) in [6.07, 6.45) is 1.32. The minimum atomic E-state index is 0.693. The van der Waals surface area contributed by atoms with E-state index in [0.29, 0.717) is 5.92 Å². The van der Waals surface area contributed by atoms with Gasteiger partial charge in [0.05, 0.1) is 0 Å². The summed E-state index contributed by atoms with van der Waals surface area (Å²) in [6, 6.07) is 0. The number of likely N-dealkylation sites (N-methyl/N-ethyl adjacent to an activating group) is 1. The van der Waals surface area contributed by atoms with Crippen LogP contribution in [0.3, 0.4) is 0 Å². The Balaban J connectivity index is 1.77. The molecule has 2 atom stereocenters. The van der Waals surface area contributed by atoms with E-state index in [2.05, 4.69) is 22.2 Å². The highest BCUT2D eigenvalue weighted by molar-refractivity contribution is 4.82. The van der Waals surface area contributed by atoms with Gasteiger partial charge in [0.15, 0.2) is 0 Å². The molecule has 2 aliphatic heterocycles. The van der Waals surface area contributed by atoms with Gasteiger partial charge in [-0.3, -0.25) is 0 Å². The zero-order chi connectivity index (χ0) is 11.4. The maximum atomic E-state index is 5.93. The second-order valence-corrected chi connectivity index (χ2v) is 5.35. The molecule has 0 radical (unpaired) electrons. The standard InChI is InChI=1S/C12H26N4/c1-15-4-6-16(7-5-15)10-12(8-13)11-2-3-14-9-11/h11-12,14H,2-10,13H2,1H3. The van der Waals surface area contributed by atoms with E-state index >= 15 is 0 Å². The van der Waals surface area contributed by atoms with Crippen LogP contribution >= 0.6 is 0 Å². The Morgan fingerprint density at radius 2 is 2.06 bits per heavy atom. The van der Waals surface area contributed by atoms with Crippen molar-refractivity contribution in [3.8, 4) is 0 Å². The number of nitrogens with one attached hydrogen (secondary N) is 1. The van der Waals surface area contributed by atoms with Crippen LogP contribution in [0.4, 0.5) is 0 Å². The fourth-order valence-electron chi connectivity index (χ4n) is 2.86. The largest absolute Gasteiger partial charge is 0.330 e. The van der Waals surface area contributed by atoms with Crippen molar-refractivity contribution in [1.82, 2.24) is 15.1 Å². The van der Waals surface area contributed by atoms with Gasteiger partial charge in [0.2, 0.25) is 0 Å². The molecule has 2 fully saturated rings. The van der Waals surface area contributed by atoms with Crippen LogP contribution in [-0.4, -0.2) is 69.2 Å². The van der Waals surface area contributed by atoms with Crippen molar-refractivity contribution < 1.29 is 0 Å². The monoisotopic (exact) mass is 226 g/mol. The molecule has 4 nitrogen and oxygen atoms in total. The topological polar surface area (TPSA) is 44.5 Å². The Labute approximate surface area is 99.2 Å². The highest BCUT2D eigenvalue weighted by atomic mass is 15.2. The molecule has 0 aromatic heterocycles. The minimum absolute atomic E-state index is 0.693. The van der Waals surface area contributed by atoms with Crippen molar-refractivity contribution in [3.05, 3.63) is 0 Å². The number of hydrogen-bond acceptors (Lipinski definition) is 4. The van der Waals surface area contributed by atoms with E-state index in [1.165, 1.54) is 52.2 Å². The zero-order valence-electron chi connectivity index (χ0n) is 10.5. The van der Waals surface area contributed by atoms with Gasteiger partial charge in [0.1, 0.15) is 0 Å². The summed E-state index contributed by atoms with van der Waals surface area (Å²) in [7, 11) is 2.21. The van der Waals surface area contributed by atoms with E-state index in [0.717, 1.165) is 12.5 Å². The van der Waals surface area contributed by atoms with Gasteiger partial charge in [-0.2, -0.15) is 0 Å². The van der Waals surface area contributed by atoms with E-state index in [1.807, 2.05) is 0 Å². The molecule has 0 spiro atoms. The molecule has 0 bridgehead atoms. The first-order valence-corrected chi connectivity index (χ1v) is 6.61. The van der Waals surface area contributed by atoms with Gasteiger partial charge >= 0.3 is 0 Å². The van der Waals surface area contributed by atoms with Gasteiger partial charge in [-0.25, -0.2) is 0 Å². The van der Waals surface area contributed by atoms with Crippen molar-refractivity contribution in [3.63, 3.8) is 0 Å². The van der Waals surface area contributed by atoms with Gasteiger partial charge in [0, 0.05) is 32.7 Å². The third-order valence-corrected chi connectivity index (χ3v) is 4.16. The van der Waals surface area contributed by atoms with Crippen LogP contribution in [0.5, 0.6) is 0 Å². The van der Waals surface area contributed by atoms with Gasteiger partial charge in [0.25, 0.3) is 0 Å². The lowest BCUT2D eigenvalue weighted by molar-refractivity contribution is 0.124. The molecule has 2 heterocycles. The van der Waals surface area contributed by atoms with E-state index in [9.17, 15) is 0 Å². The fourth-order valence-corrected chi connectivity index (χ4v) is 2.86. The first kappa shape index (κ1) is 12.3. The Morgan fingerprint density at radius 3 is 2.62 bits per heavy atom. The highest BCUT2D eigenvalue weighted by Crippen LogP contribution is 2.19. The average Bonchev–Trinajstić information content (AvgIpc) is 2.82. The van der Waals surface area contributed by atoms with Crippen molar-refractivity contribution in [2.75, 3.05) is 59.4 Å². The lowest BCUT2D eigenvalue weighted by Gasteiger charge is -2.35. The summed E-state index contributed by atoms with van der Waals surface area (Å²) in [5, 5.41) is 3.45. The number of nitrogens with zero attached hydrogens (tertiary/aromatic N) is 2. The lowest BCUT2D eigenvalue weighted by Crippen LogP contribution is -2.48. The molecule has 3 N–H and O–H groups in total. The maximum Gasteiger partial charge on any atom is 0.0110 e. The lowest BCUT2D eigenvalue weighted by atomic mass is 9.91. The molecule has 0 aromatic carbocycles. The van der Waals surface area contributed by atoms with Crippen molar-refractivity contribution in [2.45, 2.75) is 6.42 Å². The predicted octanol–water partition coefficient (Wildman–Crippen LogP) is -0.582. The molecule has 94 valence electrons. The van der Waals surface area contributed by atoms with Crippen LogP contribution in [0, 0.1) is 11.8 Å². The van der Waals surface area contributed by atoms with E-state index in [-0.39, 0.29) is 0 Å². The molecular formula is C12H26N4. The fraction of sp³-hybridized carbons (Fsp3) is 1.00. The molecule has 16 heavy (non-hydrogen) atoms. The van der Waals surface area contributed by atoms with Crippen LogP contribution in [0.15, 0.2) is 0 Å². The number of rotatable bonds is 4. The number of nitrogens with two attached hydrogens (primary N) is 1. The summed E-state index contributed by atoms with van der Waals surface area (Å²) in [5.41, 5.74) is 5.93. The molecule has 0 aliphatic carbocycles. The Morgan fingerprint density at radius 1 is 1.31 bits per heavy atom. The minimum Gasteiger partial charge on any atom is -0.330 e. The first-order chi connectivity index (χ1) is 7.79. The molecular weight excluding hydrogens is 200 g/mol. The molecule has 2 aliphatic rings. The van der Waals surface area contributed by atoms with Crippen molar-refractivity contribution in [1.29, 1.82) is 0 Å². The Hall–Kier alpha value is -0.160.